The molecule has 1 aromatic rings. The lowest BCUT2D eigenvalue weighted by molar-refractivity contribution is -0.199. The van der Waals surface area contributed by atoms with E-state index in [0.717, 1.165) is 16.7 Å². The average molecular weight is 289 g/mol. The topological polar surface area (TPSA) is 55.8 Å². The SMILES string of the molecule is C=CCON(C(=O)C=C)C(C)C(=O)OCc1ccccc1. The molecule has 21 heavy (non-hydrogen) atoms. The zero-order chi connectivity index (χ0) is 15.7. The molecular formula is C16H19NO4. The lowest BCUT2D eigenvalue weighted by atomic mass is 10.2. The molecule has 5 nitrogen and oxygen atoms in total. The Morgan fingerprint density at radius 2 is 1.95 bits per heavy atom. The molecule has 5 heteroatoms. The maximum absolute atomic E-state index is 12.0. The van der Waals surface area contributed by atoms with Gasteiger partial charge < -0.3 is 4.74 Å². The molecule has 0 aliphatic carbocycles. The fourth-order valence-corrected chi connectivity index (χ4v) is 1.53. The molecule has 0 aliphatic rings. The number of esters is 1. The van der Waals surface area contributed by atoms with Gasteiger partial charge in [-0.2, -0.15) is 0 Å². The molecule has 112 valence electrons. The van der Waals surface area contributed by atoms with Crippen LogP contribution in [-0.2, 0) is 25.8 Å². The van der Waals surface area contributed by atoms with Gasteiger partial charge in [0.05, 0.1) is 6.61 Å². The molecule has 1 rings (SSSR count). The van der Waals surface area contributed by atoms with Crippen LogP contribution >= 0.6 is 0 Å². The summed E-state index contributed by atoms with van der Waals surface area (Å²) in [6, 6.07) is 8.40. The average Bonchev–Trinajstić information content (AvgIpc) is 2.53. The van der Waals surface area contributed by atoms with Crippen LogP contribution in [0.1, 0.15) is 12.5 Å². The predicted molar refractivity (Wildman–Crippen MR) is 78.9 cm³/mol. The monoisotopic (exact) mass is 289 g/mol. The number of carbonyl (C=O) groups excluding carboxylic acids is 2. The smallest absolute Gasteiger partial charge is 0.331 e. The standard InChI is InChI=1S/C16H19NO4/c1-4-11-21-17(15(18)5-2)13(3)16(19)20-12-14-9-7-6-8-10-14/h4-10,13H,1-2,11-12H2,3H3. The highest BCUT2D eigenvalue weighted by molar-refractivity contribution is 5.90. The maximum Gasteiger partial charge on any atom is 0.331 e. The second kappa shape index (κ2) is 8.71. The van der Waals surface area contributed by atoms with Crippen LogP contribution in [0.25, 0.3) is 0 Å². The minimum absolute atomic E-state index is 0.107. The number of hydroxylamine groups is 2. The van der Waals surface area contributed by atoms with Crippen molar-refractivity contribution < 1.29 is 19.2 Å². The minimum Gasteiger partial charge on any atom is -0.459 e. The van der Waals surface area contributed by atoms with Gasteiger partial charge in [-0.1, -0.05) is 43.0 Å². The molecule has 1 unspecified atom stereocenters. The van der Waals surface area contributed by atoms with E-state index in [1.54, 1.807) is 0 Å². The fraction of sp³-hybridized carbons (Fsp3) is 0.250. The number of amides is 1. The van der Waals surface area contributed by atoms with Crippen LogP contribution < -0.4 is 0 Å². The summed E-state index contributed by atoms with van der Waals surface area (Å²) in [4.78, 5) is 28.8. The number of hydrogen-bond acceptors (Lipinski definition) is 4. The van der Waals surface area contributed by atoms with Crippen LogP contribution in [0.3, 0.4) is 0 Å². The third-order valence-corrected chi connectivity index (χ3v) is 2.64. The van der Waals surface area contributed by atoms with E-state index in [9.17, 15) is 9.59 Å². The second-order valence-corrected chi connectivity index (χ2v) is 4.22. The Kier molecular flexibility index (Phi) is 6.91. The lowest BCUT2D eigenvalue weighted by Crippen LogP contribution is -2.43. The highest BCUT2D eigenvalue weighted by Gasteiger charge is 2.26. The first kappa shape index (κ1) is 16.7. The highest BCUT2D eigenvalue weighted by atomic mass is 16.7. The normalized spacial score (nSPS) is 11.3. The summed E-state index contributed by atoms with van der Waals surface area (Å²) < 4.78 is 5.17. The molecule has 0 spiro atoms. The van der Waals surface area contributed by atoms with E-state index in [1.807, 2.05) is 30.3 Å². The van der Waals surface area contributed by atoms with E-state index in [2.05, 4.69) is 13.2 Å². The van der Waals surface area contributed by atoms with Gasteiger partial charge in [-0.15, -0.1) is 6.58 Å². The molecule has 0 saturated heterocycles. The van der Waals surface area contributed by atoms with E-state index in [0.29, 0.717) is 0 Å². The zero-order valence-corrected chi connectivity index (χ0v) is 12.0. The fourth-order valence-electron chi connectivity index (χ4n) is 1.53. The second-order valence-electron chi connectivity index (χ2n) is 4.22. The number of carbonyl (C=O) groups is 2. The van der Waals surface area contributed by atoms with Crippen LogP contribution in [0.5, 0.6) is 0 Å². The first-order valence-corrected chi connectivity index (χ1v) is 6.50. The van der Waals surface area contributed by atoms with E-state index >= 15 is 0 Å². The number of nitrogens with zero attached hydrogens (tertiary/aromatic N) is 1. The quantitative estimate of drug-likeness (QED) is 0.319. The molecule has 1 aromatic carbocycles. The van der Waals surface area contributed by atoms with Crippen LogP contribution in [0.2, 0.25) is 0 Å². The van der Waals surface area contributed by atoms with Crippen LogP contribution in [0.4, 0.5) is 0 Å². The van der Waals surface area contributed by atoms with Crippen molar-refractivity contribution in [2.75, 3.05) is 6.61 Å². The first-order chi connectivity index (χ1) is 10.1. The molecule has 0 radical (unpaired) electrons. The van der Waals surface area contributed by atoms with Crippen molar-refractivity contribution in [3.05, 3.63) is 61.2 Å². The molecule has 0 fully saturated rings. The van der Waals surface area contributed by atoms with Crippen molar-refractivity contribution in [2.45, 2.75) is 19.6 Å². The van der Waals surface area contributed by atoms with Crippen molar-refractivity contribution >= 4 is 11.9 Å². The Labute approximate surface area is 124 Å². The van der Waals surface area contributed by atoms with Gasteiger partial charge in [0, 0.05) is 0 Å². The largest absolute Gasteiger partial charge is 0.459 e. The van der Waals surface area contributed by atoms with Crippen LogP contribution in [0, 0.1) is 0 Å². The molecule has 1 amide bonds. The van der Waals surface area contributed by atoms with Gasteiger partial charge in [0.25, 0.3) is 5.91 Å². The van der Waals surface area contributed by atoms with Crippen LogP contribution in [-0.4, -0.2) is 29.6 Å². The van der Waals surface area contributed by atoms with Crippen molar-refractivity contribution in [3.8, 4) is 0 Å². The molecule has 0 bridgehead atoms. The highest BCUT2D eigenvalue weighted by Crippen LogP contribution is 2.07. The van der Waals surface area contributed by atoms with Crippen molar-refractivity contribution in [3.63, 3.8) is 0 Å². The molecule has 1 atom stereocenters. The zero-order valence-electron chi connectivity index (χ0n) is 12.0. The van der Waals surface area contributed by atoms with Gasteiger partial charge in [-0.05, 0) is 18.6 Å². The van der Waals surface area contributed by atoms with E-state index < -0.39 is 17.9 Å². The third-order valence-electron chi connectivity index (χ3n) is 2.64. The van der Waals surface area contributed by atoms with E-state index in [4.69, 9.17) is 9.57 Å². The first-order valence-electron chi connectivity index (χ1n) is 6.50. The number of benzene rings is 1. The van der Waals surface area contributed by atoms with Crippen molar-refractivity contribution in [2.24, 2.45) is 0 Å². The van der Waals surface area contributed by atoms with Crippen molar-refractivity contribution in [1.82, 2.24) is 5.06 Å². The minimum atomic E-state index is -0.876. The van der Waals surface area contributed by atoms with Gasteiger partial charge in [-0.3, -0.25) is 9.63 Å². The Bertz CT molecular complexity index is 498. The van der Waals surface area contributed by atoms with E-state index in [1.165, 1.54) is 13.0 Å². The van der Waals surface area contributed by atoms with Gasteiger partial charge in [0.2, 0.25) is 0 Å². The summed E-state index contributed by atoms with van der Waals surface area (Å²) in [5, 5.41) is 0.933. The van der Waals surface area contributed by atoms with Crippen LogP contribution in [0.15, 0.2) is 55.6 Å². The summed E-state index contributed by atoms with van der Waals surface area (Å²) in [5.41, 5.74) is 0.867. The summed E-state index contributed by atoms with van der Waals surface area (Å²) in [5.74, 6) is -1.07. The van der Waals surface area contributed by atoms with Gasteiger partial charge in [-0.25, -0.2) is 9.86 Å². The summed E-state index contributed by atoms with van der Waals surface area (Å²) in [6.45, 7) is 8.64. The number of rotatable bonds is 8. The molecular weight excluding hydrogens is 270 g/mol. The third kappa shape index (κ3) is 5.24. The van der Waals surface area contributed by atoms with Gasteiger partial charge in [0.1, 0.15) is 6.61 Å². The maximum atomic E-state index is 12.0. The summed E-state index contributed by atoms with van der Waals surface area (Å²) in [6.07, 6.45) is 2.55. The molecule has 0 heterocycles. The van der Waals surface area contributed by atoms with E-state index in [-0.39, 0.29) is 13.2 Å². The molecule has 0 aliphatic heterocycles. The number of ether oxygens (including phenoxy) is 1. The predicted octanol–water partition coefficient (Wildman–Crippen LogP) is 2.25. The summed E-state index contributed by atoms with van der Waals surface area (Å²) >= 11 is 0. The number of hydrogen-bond donors (Lipinski definition) is 0. The Balaban J connectivity index is 2.62. The Hall–Kier alpha value is -2.40. The van der Waals surface area contributed by atoms with Gasteiger partial charge >= 0.3 is 5.97 Å². The van der Waals surface area contributed by atoms with Gasteiger partial charge in [0.15, 0.2) is 6.04 Å². The summed E-state index contributed by atoms with van der Waals surface area (Å²) in [7, 11) is 0. The Morgan fingerprint density at radius 1 is 1.29 bits per heavy atom. The molecule has 0 N–H and O–H groups in total. The van der Waals surface area contributed by atoms with Crippen molar-refractivity contribution in [1.29, 1.82) is 0 Å². The lowest BCUT2D eigenvalue weighted by Gasteiger charge is -2.25. The molecule has 0 aromatic heterocycles. The Morgan fingerprint density at radius 3 is 2.52 bits per heavy atom. The molecule has 0 saturated carbocycles.